The van der Waals surface area contributed by atoms with Crippen molar-refractivity contribution in [3.8, 4) is 0 Å². The van der Waals surface area contributed by atoms with Crippen molar-refractivity contribution in [2.24, 2.45) is 5.73 Å². The van der Waals surface area contributed by atoms with Crippen LogP contribution >= 0.6 is 27.7 Å². The lowest BCUT2D eigenvalue weighted by atomic mass is 9.78. The second-order valence-electron chi connectivity index (χ2n) is 4.57. The molecule has 0 bridgehead atoms. The second kappa shape index (κ2) is 5.63. The molecule has 1 aliphatic carbocycles. The van der Waals surface area contributed by atoms with Gasteiger partial charge in [0.05, 0.1) is 6.04 Å². The van der Waals surface area contributed by atoms with Crippen molar-refractivity contribution in [3.05, 3.63) is 28.7 Å². The molecule has 3 N–H and O–H groups in total. The SMILES string of the molecule is CSC1(C(CN)Nc2cccc(Br)c2)CCC1. The summed E-state index contributed by atoms with van der Waals surface area (Å²) in [5, 5.41) is 3.59. The van der Waals surface area contributed by atoms with Gasteiger partial charge in [0.1, 0.15) is 0 Å². The van der Waals surface area contributed by atoms with Crippen LogP contribution in [0, 0.1) is 0 Å². The number of rotatable bonds is 5. The zero-order valence-electron chi connectivity index (χ0n) is 10.1. The molecule has 4 heteroatoms. The molecule has 1 fully saturated rings. The van der Waals surface area contributed by atoms with Crippen LogP contribution in [-0.4, -0.2) is 23.6 Å². The Bertz CT molecular complexity index is 374. The number of nitrogens with two attached hydrogens (primary N) is 1. The summed E-state index contributed by atoms with van der Waals surface area (Å²) in [6.07, 6.45) is 6.08. The van der Waals surface area contributed by atoms with E-state index in [0.29, 0.717) is 17.3 Å². The Kier molecular flexibility index (Phi) is 4.39. The van der Waals surface area contributed by atoms with E-state index < -0.39 is 0 Å². The first kappa shape index (κ1) is 13.2. The van der Waals surface area contributed by atoms with Crippen molar-refractivity contribution in [2.45, 2.75) is 30.1 Å². The average molecular weight is 315 g/mol. The lowest BCUT2D eigenvalue weighted by Gasteiger charge is -2.46. The zero-order valence-corrected chi connectivity index (χ0v) is 12.5. The van der Waals surface area contributed by atoms with Gasteiger partial charge in [0.25, 0.3) is 0 Å². The number of benzene rings is 1. The van der Waals surface area contributed by atoms with Crippen molar-refractivity contribution >= 4 is 33.4 Å². The molecule has 0 heterocycles. The summed E-state index contributed by atoms with van der Waals surface area (Å²) in [7, 11) is 0. The smallest absolute Gasteiger partial charge is 0.0530 e. The maximum absolute atomic E-state index is 5.94. The Hall–Kier alpha value is -0.190. The summed E-state index contributed by atoms with van der Waals surface area (Å²) in [5.74, 6) is 0. The number of halogens is 1. The fourth-order valence-corrected chi connectivity index (χ4v) is 3.94. The third-order valence-electron chi connectivity index (χ3n) is 3.64. The molecule has 0 spiro atoms. The first-order valence-electron chi connectivity index (χ1n) is 5.97. The molecule has 1 aromatic carbocycles. The molecule has 0 radical (unpaired) electrons. The lowest BCUT2D eigenvalue weighted by molar-refractivity contribution is 0.323. The maximum Gasteiger partial charge on any atom is 0.0530 e. The van der Waals surface area contributed by atoms with E-state index in [-0.39, 0.29) is 0 Å². The molecule has 0 aromatic heterocycles. The number of hydrogen-bond acceptors (Lipinski definition) is 3. The standard InChI is InChI=1S/C13H19BrN2S/c1-17-13(6-3-7-13)12(9-15)16-11-5-2-4-10(14)8-11/h2,4-5,8,12,16H,3,6-7,9,15H2,1H3. The molecule has 0 amide bonds. The zero-order chi connectivity index (χ0) is 12.3. The predicted octanol–water partition coefficient (Wildman–Crippen LogP) is 3.47. The number of thioether (sulfide) groups is 1. The van der Waals surface area contributed by atoms with Crippen molar-refractivity contribution in [1.82, 2.24) is 0 Å². The Labute approximate surface area is 116 Å². The van der Waals surface area contributed by atoms with Gasteiger partial charge in [-0.25, -0.2) is 0 Å². The van der Waals surface area contributed by atoms with Crippen molar-refractivity contribution in [2.75, 3.05) is 18.1 Å². The van der Waals surface area contributed by atoms with Crippen molar-refractivity contribution in [1.29, 1.82) is 0 Å². The lowest BCUT2D eigenvalue weighted by Crippen LogP contribution is -2.52. The molecule has 17 heavy (non-hydrogen) atoms. The summed E-state index contributed by atoms with van der Waals surface area (Å²) < 4.78 is 1.45. The minimum absolute atomic E-state index is 0.344. The quantitative estimate of drug-likeness (QED) is 0.874. The molecule has 94 valence electrons. The molecular formula is C13H19BrN2S. The van der Waals surface area contributed by atoms with Gasteiger partial charge in [0.15, 0.2) is 0 Å². The Morgan fingerprint density at radius 1 is 1.53 bits per heavy atom. The van der Waals surface area contributed by atoms with E-state index in [2.05, 4.69) is 39.6 Å². The highest BCUT2D eigenvalue weighted by Crippen LogP contribution is 2.46. The van der Waals surface area contributed by atoms with Gasteiger partial charge in [-0.3, -0.25) is 0 Å². The molecule has 1 atom stereocenters. The van der Waals surface area contributed by atoms with Crippen LogP contribution < -0.4 is 11.1 Å². The van der Waals surface area contributed by atoms with E-state index in [9.17, 15) is 0 Å². The highest BCUT2D eigenvalue weighted by atomic mass is 79.9. The molecule has 0 saturated heterocycles. The molecule has 2 rings (SSSR count). The average Bonchev–Trinajstić information content (AvgIpc) is 2.27. The largest absolute Gasteiger partial charge is 0.380 e. The van der Waals surface area contributed by atoms with Crippen LogP contribution in [-0.2, 0) is 0 Å². The van der Waals surface area contributed by atoms with E-state index in [1.807, 2.05) is 23.9 Å². The first-order valence-corrected chi connectivity index (χ1v) is 7.99. The molecule has 2 nitrogen and oxygen atoms in total. The molecular weight excluding hydrogens is 296 g/mol. The topological polar surface area (TPSA) is 38.0 Å². The second-order valence-corrected chi connectivity index (χ2v) is 6.70. The van der Waals surface area contributed by atoms with Crippen LogP contribution in [0.1, 0.15) is 19.3 Å². The van der Waals surface area contributed by atoms with Crippen LogP contribution in [0.2, 0.25) is 0 Å². The predicted molar refractivity (Wildman–Crippen MR) is 80.7 cm³/mol. The summed E-state index contributed by atoms with van der Waals surface area (Å²) in [6, 6.07) is 8.65. The highest BCUT2D eigenvalue weighted by Gasteiger charge is 2.42. The van der Waals surface area contributed by atoms with Crippen molar-refractivity contribution < 1.29 is 0 Å². The van der Waals surface area contributed by atoms with E-state index in [0.717, 1.165) is 10.2 Å². The first-order chi connectivity index (χ1) is 8.20. The van der Waals surface area contributed by atoms with E-state index in [1.165, 1.54) is 19.3 Å². The number of anilines is 1. The maximum atomic E-state index is 5.94. The van der Waals surface area contributed by atoms with Crippen LogP contribution in [0.5, 0.6) is 0 Å². The third-order valence-corrected chi connectivity index (χ3v) is 5.64. The minimum Gasteiger partial charge on any atom is -0.380 e. The van der Waals surface area contributed by atoms with Gasteiger partial charge in [-0.15, -0.1) is 0 Å². The van der Waals surface area contributed by atoms with Gasteiger partial charge in [0, 0.05) is 21.5 Å². The molecule has 0 aliphatic heterocycles. The minimum atomic E-state index is 0.344. The Balaban J connectivity index is 2.09. The summed E-state index contributed by atoms with van der Waals surface area (Å²) >= 11 is 5.46. The van der Waals surface area contributed by atoms with Crippen LogP contribution in [0.3, 0.4) is 0 Å². The fraction of sp³-hybridized carbons (Fsp3) is 0.538. The summed E-state index contributed by atoms with van der Waals surface area (Å²) in [6.45, 7) is 0.688. The Morgan fingerprint density at radius 2 is 2.29 bits per heavy atom. The molecule has 1 aromatic rings. The van der Waals surface area contributed by atoms with E-state index >= 15 is 0 Å². The van der Waals surface area contributed by atoms with E-state index in [1.54, 1.807) is 0 Å². The van der Waals surface area contributed by atoms with Gasteiger partial charge >= 0.3 is 0 Å². The third kappa shape index (κ3) is 2.80. The Morgan fingerprint density at radius 3 is 2.76 bits per heavy atom. The normalized spacial score (nSPS) is 19.5. The van der Waals surface area contributed by atoms with Gasteiger partial charge in [-0.05, 0) is 37.3 Å². The molecule has 1 unspecified atom stereocenters. The molecule has 1 saturated carbocycles. The highest BCUT2D eigenvalue weighted by molar-refractivity contribution is 9.10. The van der Waals surface area contributed by atoms with Crippen LogP contribution in [0.15, 0.2) is 28.7 Å². The van der Waals surface area contributed by atoms with E-state index in [4.69, 9.17) is 5.73 Å². The van der Waals surface area contributed by atoms with Gasteiger partial charge in [-0.2, -0.15) is 11.8 Å². The van der Waals surface area contributed by atoms with Gasteiger partial charge < -0.3 is 11.1 Å². The van der Waals surface area contributed by atoms with Crippen LogP contribution in [0.4, 0.5) is 5.69 Å². The van der Waals surface area contributed by atoms with Crippen molar-refractivity contribution in [3.63, 3.8) is 0 Å². The monoisotopic (exact) mass is 314 g/mol. The summed E-state index contributed by atoms with van der Waals surface area (Å²) in [5.41, 5.74) is 7.09. The van der Waals surface area contributed by atoms with Crippen LogP contribution in [0.25, 0.3) is 0 Å². The van der Waals surface area contributed by atoms with Gasteiger partial charge in [0.2, 0.25) is 0 Å². The number of nitrogens with one attached hydrogen (secondary N) is 1. The summed E-state index contributed by atoms with van der Waals surface area (Å²) in [4.78, 5) is 0. The molecule has 1 aliphatic rings. The van der Waals surface area contributed by atoms with Gasteiger partial charge in [-0.1, -0.05) is 28.4 Å². The number of hydrogen-bond donors (Lipinski definition) is 2. The fourth-order valence-electron chi connectivity index (χ4n) is 2.40.